The summed E-state index contributed by atoms with van der Waals surface area (Å²) in [6.45, 7) is 5.99. The number of amides is 1. The van der Waals surface area contributed by atoms with Gasteiger partial charge in [-0.15, -0.1) is 24.0 Å². The second-order valence-corrected chi connectivity index (χ2v) is 7.55. The molecule has 0 heterocycles. The third-order valence-corrected chi connectivity index (χ3v) is 5.21. The second-order valence-electron chi connectivity index (χ2n) is 7.55. The zero-order chi connectivity index (χ0) is 19.9. The number of nitrogens with zero attached hydrogens (tertiary/aromatic N) is 2. The van der Waals surface area contributed by atoms with Crippen LogP contribution in [-0.2, 0) is 11.3 Å². The van der Waals surface area contributed by atoms with Crippen molar-refractivity contribution in [1.82, 2.24) is 15.5 Å². The largest absolute Gasteiger partial charge is 0.496 e. The van der Waals surface area contributed by atoms with Crippen molar-refractivity contribution in [1.29, 1.82) is 0 Å². The minimum atomic E-state index is -0.318. The number of halogens is 1. The van der Waals surface area contributed by atoms with Crippen LogP contribution in [0.4, 0.5) is 0 Å². The first kappa shape index (κ1) is 24.5. The number of aliphatic imine (C=N–C) groups is 1. The van der Waals surface area contributed by atoms with E-state index in [4.69, 9.17) is 9.73 Å². The van der Waals surface area contributed by atoms with E-state index in [1.54, 1.807) is 12.0 Å². The smallest absolute Gasteiger partial charge is 0.230 e. The molecule has 1 aromatic rings. The Morgan fingerprint density at radius 2 is 1.93 bits per heavy atom. The lowest BCUT2D eigenvalue weighted by Gasteiger charge is -2.31. The topological polar surface area (TPSA) is 66.0 Å². The van der Waals surface area contributed by atoms with Crippen LogP contribution in [0.15, 0.2) is 23.2 Å². The quantitative estimate of drug-likeness (QED) is 0.341. The van der Waals surface area contributed by atoms with Gasteiger partial charge < -0.3 is 20.3 Å². The fourth-order valence-electron chi connectivity index (χ4n) is 3.73. The molecule has 1 saturated carbocycles. The number of methoxy groups -OCH3 is 1. The SMILES string of the molecule is CCNC(=NCc1ccc(C)cc1OC)NCC1(C(=O)N(C)C)CCCC1.I. The molecule has 158 valence electrons. The first-order valence-corrected chi connectivity index (χ1v) is 9.79. The summed E-state index contributed by atoms with van der Waals surface area (Å²) in [4.78, 5) is 19.2. The number of aryl methyl sites for hydroxylation is 1. The number of guanidine groups is 1. The van der Waals surface area contributed by atoms with E-state index in [1.165, 1.54) is 0 Å². The highest BCUT2D eigenvalue weighted by atomic mass is 127. The second kappa shape index (κ2) is 11.5. The third-order valence-electron chi connectivity index (χ3n) is 5.21. The Morgan fingerprint density at radius 3 is 2.50 bits per heavy atom. The summed E-state index contributed by atoms with van der Waals surface area (Å²) < 4.78 is 5.47. The molecule has 2 rings (SSSR count). The Balaban J connectivity index is 0.00000392. The van der Waals surface area contributed by atoms with Gasteiger partial charge in [0.05, 0.1) is 19.1 Å². The van der Waals surface area contributed by atoms with E-state index < -0.39 is 0 Å². The van der Waals surface area contributed by atoms with Crippen LogP contribution in [0, 0.1) is 12.3 Å². The van der Waals surface area contributed by atoms with Crippen LogP contribution in [-0.4, -0.2) is 51.1 Å². The fraction of sp³-hybridized carbons (Fsp3) is 0.619. The molecule has 1 aliphatic carbocycles. The Hall–Kier alpha value is -1.51. The Labute approximate surface area is 186 Å². The Kier molecular flexibility index (Phi) is 10.1. The average Bonchev–Trinajstić information content (AvgIpc) is 3.14. The highest BCUT2D eigenvalue weighted by molar-refractivity contribution is 14.0. The van der Waals surface area contributed by atoms with Gasteiger partial charge in [-0.05, 0) is 38.3 Å². The van der Waals surface area contributed by atoms with Gasteiger partial charge in [0.1, 0.15) is 5.75 Å². The zero-order valence-electron chi connectivity index (χ0n) is 17.8. The van der Waals surface area contributed by atoms with E-state index in [2.05, 4.69) is 22.8 Å². The van der Waals surface area contributed by atoms with Crippen LogP contribution >= 0.6 is 24.0 Å². The number of carbonyl (C=O) groups is 1. The molecule has 0 saturated heterocycles. The minimum Gasteiger partial charge on any atom is -0.496 e. The van der Waals surface area contributed by atoms with E-state index in [0.717, 1.165) is 55.1 Å². The van der Waals surface area contributed by atoms with Crippen molar-refractivity contribution < 1.29 is 9.53 Å². The summed E-state index contributed by atoms with van der Waals surface area (Å²) in [5.41, 5.74) is 1.89. The van der Waals surface area contributed by atoms with Crippen molar-refractivity contribution in [2.45, 2.75) is 46.1 Å². The van der Waals surface area contributed by atoms with Crippen LogP contribution in [0.25, 0.3) is 0 Å². The lowest BCUT2D eigenvalue weighted by Crippen LogP contribution is -2.49. The molecule has 1 aromatic carbocycles. The average molecular weight is 502 g/mol. The van der Waals surface area contributed by atoms with Crippen LogP contribution in [0.1, 0.15) is 43.7 Å². The van der Waals surface area contributed by atoms with E-state index in [-0.39, 0.29) is 35.3 Å². The fourth-order valence-corrected chi connectivity index (χ4v) is 3.73. The molecule has 0 radical (unpaired) electrons. The predicted octanol–water partition coefficient (Wildman–Crippen LogP) is 3.33. The summed E-state index contributed by atoms with van der Waals surface area (Å²) in [6.07, 6.45) is 4.08. The number of carbonyl (C=O) groups excluding carboxylic acids is 1. The van der Waals surface area contributed by atoms with E-state index in [0.29, 0.717) is 13.1 Å². The zero-order valence-corrected chi connectivity index (χ0v) is 20.1. The van der Waals surface area contributed by atoms with Crippen LogP contribution in [0.3, 0.4) is 0 Å². The number of nitrogens with one attached hydrogen (secondary N) is 2. The van der Waals surface area contributed by atoms with Gasteiger partial charge in [-0.2, -0.15) is 0 Å². The Bertz CT molecular complexity index is 670. The first-order chi connectivity index (χ1) is 12.9. The summed E-state index contributed by atoms with van der Waals surface area (Å²) in [7, 11) is 5.36. The molecule has 1 aliphatic rings. The lowest BCUT2D eigenvalue weighted by atomic mass is 9.84. The van der Waals surface area contributed by atoms with Gasteiger partial charge in [0.25, 0.3) is 0 Å². The van der Waals surface area contributed by atoms with Crippen molar-refractivity contribution in [2.24, 2.45) is 10.4 Å². The normalized spacial score (nSPS) is 15.5. The van der Waals surface area contributed by atoms with E-state index in [1.807, 2.05) is 34.0 Å². The number of rotatable bonds is 7. The molecule has 1 fully saturated rings. The van der Waals surface area contributed by atoms with Crippen LogP contribution < -0.4 is 15.4 Å². The molecule has 0 aliphatic heterocycles. The summed E-state index contributed by atoms with van der Waals surface area (Å²) in [6, 6.07) is 6.14. The van der Waals surface area contributed by atoms with Gasteiger partial charge in [-0.25, -0.2) is 4.99 Å². The van der Waals surface area contributed by atoms with Crippen LogP contribution in [0.2, 0.25) is 0 Å². The molecular weight excluding hydrogens is 467 g/mol. The van der Waals surface area contributed by atoms with Crippen molar-refractivity contribution in [3.63, 3.8) is 0 Å². The maximum Gasteiger partial charge on any atom is 0.230 e. The Morgan fingerprint density at radius 1 is 1.25 bits per heavy atom. The van der Waals surface area contributed by atoms with Crippen molar-refractivity contribution in [3.8, 4) is 5.75 Å². The van der Waals surface area contributed by atoms with Gasteiger partial charge in [0.2, 0.25) is 5.91 Å². The van der Waals surface area contributed by atoms with Crippen molar-refractivity contribution in [2.75, 3.05) is 34.3 Å². The maximum absolute atomic E-state index is 12.7. The van der Waals surface area contributed by atoms with Crippen molar-refractivity contribution >= 4 is 35.8 Å². The molecule has 0 spiro atoms. The van der Waals surface area contributed by atoms with Gasteiger partial charge in [0, 0.05) is 32.7 Å². The molecular formula is C21H35IN4O2. The highest BCUT2D eigenvalue weighted by Gasteiger charge is 2.42. The molecule has 2 N–H and O–H groups in total. The van der Waals surface area contributed by atoms with Crippen molar-refractivity contribution in [3.05, 3.63) is 29.3 Å². The van der Waals surface area contributed by atoms with Gasteiger partial charge in [0.15, 0.2) is 5.96 Å². The molecule has 7 heteroatoms. The van der Waals surface area contributed by atoms with Gasteiger partial charge in [-0.3, -0.25) is 4.79 Å². The number of ether oxygens (including phenoxy) is 1. The maximum atomic E-state index is 12.7. The number of hydrogen-bond acceptors (Lipinski definition) is 3. The molecule has 0 atom stereocenters. The highest BCUT2D eigenvalue weighted by Crippen LogP contribution is 2.38. The third kappa shape index (κ3) is 6.25. The van der Waals surface area contributed by atoms with E-state index >= 15 is 0 Å². The molecule has 28 heavy (non-hydrogen) atoms. The monoisotopic (exact) mass is 502 g/mol. The lowest BCUT2D eigenvalue weighted by molar-refractivity contribution is -0.138. The van der Waals surface area contributed by atoms with Gasteiger partial charge in [-0.1, -0.05) is 25.0 Å². The molecule has 6 nitrogen and oxygen atoms in total. The van der Waals surface area contributed by atoms with E-state index in [9.17, 15) is 4.79 Å². The molecule has 0 bridgehead atoms. The molecule has 0 unspecified atom stereocenters. The standard InChI is InChI=1S/C21H34N4O2.HI/c1-6-22-20(23-14-17-10-9-16(2)13-18(17)27-5)24-15-21(11-7-8-12-21)19(26)25(3)4;/h9-10,13H,6-8,11-12,14-15H2,1-5H3,(H2,22,23,24);1H. The summed E-state index contributed by atoms with van der Waals surface area (Å²) in [5, 5.41) is 6.69. The van der Waals surface area contributed by atoms with Gasteiger partial charge >= 0.3 is 0 Å². The minimum absolute atomic E-state index is 0. The van der Waals surface area contributed by atoms with Crippen LogP contribution in [0.5, 0.6) is 5.75 Å². The molecule has 1 amide bonds. The molecule has 0 aromatic heterocycles. The summed E-state index contributed by atoms with van der Waals surface area (Å²) >= 11 is 0. The first-order valence-electron chi connectivity index (χ1n) is 9.79. The number of benzene rings is 1. The summed E-state index contributed by atoms with van der Waals surface area (Å²) in [5.74, 6) is 1.80. The predicted molar refractivity (Wildman–Crippen MR) is 126 cm³/mol. The number of hydrogen-bond donors (Lipinski definition) is 2.